The van der Waals surface area contributed by atoms with Crippen molar-refractivity contribution in [1.29, 1.82) is 0 Å². The molecule has 10 aromatic heterocycles. The highest BCUT2D eigenvalue weighted by molar-refractivity contribution is 7.30. The number of ether oxygens (including phenoxy) is 8. The molecule has 0 radical (unpaired) electrons. The average molecular weight is 1950 g/mol. The number of imide groups is 2. The van der Waals surface area contributed by atoms with Gasteiger partial charge in [0.05, 0.1) is 48.4 Å². The molecule has 5 atom stereocenters. The quantitative estimate of drug-likeness (QED) is 0.0107. The lowest BCUT2D eigenvalue weighted by Crippen LogP contribution is -2.45. The van der Waals surface area contributed by atoms with Crippen molar-refractivity contribution in [1.82, 2.24) is 84.0 Å². The van der Waals surface area contributed by atoms with Gasteiger partial charge in [-0.2, -0.15) is 30.2 Å². The standard InChI is InChI=1S/C29H42N6O6.C29H40N6O6.C18H19N5.C17H18N6.2HO4P.2H2/c2*1-28(2,3)40-26(36)35(27(37)41-29(4,5)6)25-21(14-23(38-8)39-9)24(31-18-32-25)20-15-33-34(17-20)22(16-30-7)19-12-10-11-13-19;1-19-11-17(13-4-2-3-5-13)23-12-14(10-22-23)15-6-8-20-18-16(15)7-9-21-18;1-18-9-15(12-4-2-3-5-12)23-10-13(8-22-23)16-14-6-7-19-17(14)21-11-20-16;2*1-4-5(2)3;;/h15,17-19,22-23H,10-14,16H2,1-6,8-9H3;15-19,23H,10-14H2,1-6,8-9H3;6-10,12-13,17H,2-5,11H2,(H,20,21);6-8,10-12,15H,2-5,9H2,(H,19,20,21);2*1H;2*1H/p-1/b;22-16-;;;;;;/t22-;;17-;15-;;;;/m1.11..../s1. The van der Waals surface area contributed by atoms with E-state index in [0.717, 1.165) is 111 Å². The van der Waals surface area contributed by atoms with Gasteiger partial charge >= 0.3 is 40.9 Å². The number of anilines is 2. The Hall–Kier alpha value is -12.7. The average Bonchev–Trinajstić information content (AvgIpc) is 1.27. The van der Waals surface area contributed by atoms with Crippen LogP contribution in [0.25, 0.3) is 92.0 Å². The summed E-state index contributed by atoms with van der Waals surface area (Å²) >= 11 is 0. The van der Waals surface area contributed by atoms with Crippen molar-refractivity contribution in [3.63, 3.8) is 0 Å². The summed E-state index contributed by atoms with van der Waals surface area (Å²) in [4.78, 5) is 125. The number of nitrogens with zero attached hydrogens (tertiary/aromatic N) is 21. The van der Waals surface area contributed by atoms with Crippen LogP contribution in [0, 0.1) is 50.0 Å². The van der Waals surface area contributed by atoms with Gasteiger partial charge in [0.2, 0.25) is 19.6 Å². The molecule has 14 rings (SSSR count). The van der Waals surface area contributed by atoms with Gasteiger partial charge in [-0.15, -0.1) is 0 Å². The lowest BCUT2D eigenvalue weighted by Gasteiger charge is -2.29. The summed E-state index contributed by atoms with van der Waals surface area (Å²) in [7, 11) is -0.246. The van der Waals surface area contributed by atoms with Crippen LogP contribution in [-0.2, 0) is 69.2 Å². The molecule has 43 nitrogen and oxygen atoms in total. The molecule has 0 aromatic carbocycles. The molecule has 742 valence electrons. The first kappa shape index (κ1) is 109. The minimum absolute atomic E-state index is 0. The number of allylic oxidation sites excluding steroid dienone is 1. The van der Waals surface area contributed by atoms with Crippen LogP contribution in [0.15, 0.2) is 112 Å². The highest BCUT2D eigenvalue weighted by Gasteiger charge is 2.41. The van der Waals surface area contributed by atoms with E-state index >= 15 is 0 Å². The summed E-state index contributed by atoms with van der Waals surface area (Å²) in [5, 5.41) is 36.0. The fourth-order valence-electron chi connectivity index (χ4n) is 16.8. The molecule has 10 heterocycles. The van der Waals surface area contributed by atoms with Crippen LogP contribution in [-0.4, -0.2) is 197 Å². The molecule has 4 amide bonds. The van der Waals surface area contributed by atoms with Gasteiger partial charge in [-0.1, -0.05) is 51.4 Å². The van der Waals surface area contributed by atoms with E-state index in [9.17, 15) is 19.2 Å². The van der Waals surface area contributed by atoms with E-state index in [-0.39, 0.29) is 51.4 Å². The Balaban J connectivity index is 0.000000250. The van der Waals surface area contributed by atoms with E-state index in [0.29, 0.717) is 71.0 Å². The molecule has 2 unspecified atom stereocenters. The third-order valence-electron chi connectivity index (χ3n) is 22.7. The SMILES string of the molecule is O=[P+]([O-])OO.O=[P+]([O-])O[O-].[C-]#[N+]/C=C(/C1CCCC1)n1cc(-c2ncnc(N(C(=O)OC(C)(C)C)C(=O)OC(C)(C)C)c2CC(OC)OC)cn1.[C-]#[N+]C[C@H](C1CCCC1)n1cc(-c2ccnc3[nH]ccc23)cn1.[C-]#[N+]C[C@H](C1CCCC1)n1cc(-c2ncnc(N(C(=O)OC(C)(C)C)C(=O)OC(C)(C)C)c2CC(OC)OC)cn1.[C-]#[N+]C[C@H](C1CCCC1)n1cc(-c2ncnc3[nH]ccc23)cn1.[HH].[HH]. The number of aromatic nitrogens is 17. The molecule has 138 heavy (non-hydrogen) atoms. The third-order valence-corrected chi connectivity index (χ3v) is 23.0. The van der Waals surface area contributed by atoms with E-state index in [4.69, 9.17) is 93.6 Å². The molecule has 4 aliphatic carbocycles. The zero-order valence-corrected chi connectivity index (χ0v) is 82.2. The molecular weight excluding hydrogens is 1820 g/mol. The number of nitrogens with one attached hydrogen (secondary N) is 2. The number of aromatic amines is 2. The van der Waals surface area contributed by atoms with Crippen molar-refractivity contribution in [2.24, 2.45) is 23.7 Å². The normalized spacial score (nSPS) is 15.2. The van der Waals surface area contributed by atoms with Crippen LogP contribution in [0.4, 0.5) is 30.8 Å². The first-order chi connectivity index (χ1) is 65.8. The molecule has 45 heteroatoms. The van der Waals surface area contributed by atoms with Gasteiger partial charge in [0.1, 0.15) is 70.8 Å². The summed E-state index contributed by atoms with van der Waals surface area (Å²) < 4.78 is 74.7. The fraction of sp³-hybridized carbons (Fsp3) is 0.538. The Morgan fingerprint density at radius 2 is 0.833 bits per heavy atom. The lowest BCUT2D eigenvalue weighted by atomic mass is 9.98. The van der Waals surface area contributed by atoms with Crippen molar-refractivity contribution in [2.45, 2.75) is 252 Å². The lowest BCUT2D eigenvalue weighted by molar-refractivity contribution is -0.644. The molecule has 0 bridgehead atoms. The number of H-pyrrole nitrogens is 2. The van der Waals surface area contributed by atoms with Gasteiger partial charge in [0.25, 0.3) is 0 Å². The highest BCUT2D eigenvalue weighted by Crippen LogP contribution is 2.42. The van der Waals surface area contributed by atoms with Crippen LogP contribution < -0.4 is 24.8 Å². The van der Waals surface area contributed by atoms with Gasteiger partial charge in [-0.3, -0.25) is 18.7 Å². The number of methoxy groups -OCH3 is 4. The van der Waals surface area contributed by atoms with Crippen LogP contribution in [0.1, 0.15) is 218 Å². The Labute approximate surface area is 805 Å². The fourth-order valence-corrected chi connectivity index (χ4v) is 16.8. The van der Waals surface area contributed by atoms with Crippen molar-refractivity contribution in [2.75, 3.05) is 57.9 Å². The number of rotatable bonds is 27. The van der Waals surface area contributed by atoms with Crippen molar-refractivity contribution >= 4 is 80.3 Å². The van der Waals surface area contributed by atoms with Gasteiger partial charge in [0, 0.05) is 142 Å². The monoisotopic (exact) mass is 1940 g/mol. The zero-order valence-electron chi connectivity index (χ0n) is 80.4. The van der Waals surface area contributed by atoms with Gasteiger partial charge < -0.3 is 77.4 Å². The summed E-state index contributed by atoms with van der Waals surface area (Å²) in [6.07, 6.45) is 39.4. The second-order valence-electron chi connectivity index (χ2n) is 36.8. The maximum Gasteiger partial charge on any atom is 0.521 e. The number of amides is 4. The summed E-state index contributed by atoms with van der Waals surface area (Å²) in [6, 6.07) is 6.37. The number of carbonyl (C=O) groups excluding carboxylic acids is 4. The zero-order chi connectivity index (χ0) is 101. The second-order valence-corrected chi connectivity index (χ2v) is 38.0. The number of carbonyl (C=O) groups is 4. The largest absolute Gasteiger partial charge is 0.674 e. The van der Waals surface area contributed by atoms with E-state index in [1.54, 1.807) is 113 Å². The summed E-state index contributed by atoms with van der Waals surface area (Å²) in [5.41, 5.74) is 5.89. The number of hydrogen-bond acceptors (Lipinski definition) is 31. The van der Waals surface area contributed by atoms with E-state index in [1.807, 2.05) is 75.6 Å². The van der Waals surface area contributed by atoms with Crippen LogP contribution in [0.2, 0.25) is 0 Å². The predicted molar refractivity (Wildman–Crippen MR) is 506 cm³/mol. The molecule has 0 saturated heterocycles. The molecular formula is C93H124N23O20P2-. The van der Waals surface area contributed by atoms with Gasteiger partial charge in [-0.25, -0.2) is 88.6 Å². The highest BCUT2D eigenvalue weighted by atomic mass is 31.1. The number of fused-ring (bicyclic) bond motifs is 2. The number of pyridine rings is 1. The maximum atomic E-state index is 13.5. The smallest absolute Gasteiger partial charge is 0.521 e. The topological polar surface area (TPSA) is 501 Å². The summed E-state index contributed by atoms with van der Waals surface area (Å²) in [5.74, 6) is 1.71. The first-order valence-corrected chi connectivity index (χ1v) is 47.2. The molecule has 3 N–H and O–H groups in total. The van der Waals surface area contributed by atoms with Crippen molar-refractivity contribution in [3.8, 4) is 44.9 Å². The molecule has 4 aliphatic rings. The molecule has 4 fully saturated rings. The minimum Gasteiger partial charge on any atom is -0.674 e. The Morgan fingerprint density at radius 1 is 0.493 bits per heavy atom. The number of hydrogen-bond donors (Lipinski definition) is 3. The van der Waals surface area contributed by atoms with Crippen molar-refractivity contribution in [3.05, 3.63) is 168 Å². The second kappa shape index (κ2) is 51.6. The first-order valence-electron chi connectivity index (χ1n) is 45.0. The summed E-state index contributed by atoms with van der Waals surface area (Å²) in [6.45, 7) is 51.2. The van der Waals surface area contributed by atoms with E-state index in [1.165, 1.54) is 98.7 Å². The van der Waals surface area contributed by atoms with Gasteiger partial charge in [-0.05, 0) is 191 Å². The van der Waals surface area contributed by atoms with Gasteiger partial charge in [0.15, 0.2) is 30.4 Å². The van der Waals surface area contributed by atoms with Crippen LogP contribution >= 0.6 is 16.5 Å². The predicted octanol–water partition coefficient (Wildman–Crippen LogP) is 17.7. The van der Waals surface area contributed by atoms with Crippen molar-refractivity contribution < 1.29 is 98.7 Å². The van der Waals surface area contributed by atoms with Crippen LogP contribution in [0.5, 0.6) is 0 Å². The maximum absolute atomic E-state index is 13.5. The molecule has 10 aromatic rings. The van der Waals surface area contributed by atoms with Crippen LogP contribution in [0.3, 0.4) is 0 Å². The van der Waals surface area contributed by atoms with E-state index in [2.05, 4.69) is 100 Å². The molecule has 4 saturated carbocycles. The van der Waals surface area contributed by atoms with E-state index < -0.39 is 75.9 Å². The minimum atomic E-state index is -3.15. The molecule has 0 spiro atoms. The Kier molecular flexibility index (Phi) is 40.8. The Bertz CT molecular complexity index is 5690. The third kappa shape index (κ3) is 31.2. The molecule has 0 aliphatic heterocycles. The Morgan fingerprint density at radius 3 is 1.20 bits per heavy atom.